The molecule has 2 saturated heterocycles. The molecule has 0 radical (unpaired) electrons. The van der Waals surface area contributed by atoms with E-state index in [1.165, 1.54) is 37.2 Å². The van der Waals surface area contributed by atoms with E-state index in [2.05, 4.69) is 77.0 Å². The fraction of sp³-hybridized carbons (Fsp3) is 0.571. The van der Waals surface area contributed by atoms with Gasteiger partial charge in [-0.2, -0.15) is 0 Å². The normalized spacial score (nSPS) is 24.2. The van der Waals surface area contributed by atoms with Crippen LogP contribution in [0.5, 0.6) is 0 Å². The minimum atomic E-state index is 0.635. The molecule has 2 aliphatic rings. The zero-order valence-electron chi connectivity index (χ0n) is 10.6. The fourth-order valence-electron chi connectivity index (χ4n) is 2.11. The predicted octanol–water partition coefficient (Wildman–Crippen LogP) is 1.52. The molecule has 1 aromatic heterocycles. The van der Waals surface area contributed by atoms with Crippen LogP contribution in [0.25, 0.3) is 0 Å². The standard InChI is InChI=1S/C14H16S2SeTe2/c18-13(3-11-5-15-11)1-9-7-17-8-10(9)2-14(19)4-12-6-16-12/h7-8,11-12H,1-6H2. The zero-order chi connectivity index (χ0) is 13.2. The van der Waals surface area contributed by atoms with Gasteiger partial charge >= 0.3 is 157 Å². The van der Waals surface area contributed by atoms with E-state index >= 15 is 0 Å². The average molecular weight is 583 g/mol. The van der Waals surface area contributed by atoms with Gasteiger partial charge in [0, 0.05) is 0 Å². The van der Waals surface area contributed by atoms with Crippen LogP contribution in [0, 0.1) is 0 Å². The van der Waals surface area contributed by atoms with Crippen LogP contribution in [0.15, 0.2) is 9.88 Å². The van der Waals surface area contributed by atoms with E-state index < -0.39 is 0 Å². The summed E-state index contributed by atoms with van der Waals surface area (Å²) in [5.41, 5.74) is 3.32. The summed E-state index contributed by atoms with van der Waals surface area (Å²) in [5, 5.41) is 1.92. The molecule has 3 heterocycles. The van der Waals surface area contributed by atoms with Crippen LogP contribution >= 0.6 is 23.5 Å². The second-order valence-corrected chi connectivity index (χ2v) is 12.7. The van der Waals surface area contributed by atoms with Gasteiger partial charge in [-0.05, 0) is 0 Å². The second kappa shape index (κ2) is 7.53. The zero-order valence-corrected chi connectivity index (χ0v) is 18.6. The first-order valence-electron chi connectivity index (χ1n) is 6.51. The molecule has 0 aromatic carbocycles. The molecule has 19 heavy (non-hydrogen) atoms. The van der Waals surface area contributed by atoms with Crippen molar-refractivity contribution in [1.82, 2.24) is 0 Å². The summed E-state index contributed by atoms with van der Waals surface area (Å²) in [5.74, 6) is 2.80. The molecule has 0 bridgehead atoms. The van der Waals surface area contributed by atoms with Gasteiger partial charge < -0.3 is 0 Å². The maximum absolute atomic E-state index is 2.52. The van der Waals surface area contributed by atoms with E-state index in [-0.39, 0.29) is 0 Å². The van der Waals surface area contributed by atoms with Crippen molar-refractivity contribution in [2.45, 2.75) is 36.2 Å². The number of rotatable bonds is 8. The Morgan fingerprint density at radius 3 is 1.79 bits per heavy atom. The minimum absolute atomic E-state index is 0.635. The van der Waals surface area contributed by atoms with Gasteiger partial charge in [-0.25, -0.2) is 0 Å². The molecule has 5 heteroatoms. The Labute approximate surface area is 155 Å². The van der Waals surface area contributed by atoms with E-state index in [1.54, 1.807) is 18.2 Å². The van der Waals surface area contributed by atoms with E-state index in [9.17, 15) is 0 Å². The molecule has 2 aliphatic heterocycles. The molecule has 0 nitrogen and oxygen atoms in total. The van der Waals surface area contributed by atoms with Gasteiger partial charge in [0.2, 0.25) is 0 Å². The molecule has 2 unspecified atom stereocenters. The van der Waals surface area contributed by atoms with E-state index in [1.807, 2.05) is 0 Å². The van der Waals surface area contributed by atoms with Crippen LogP contribution in [-0.4, -0.2) is 87.3 Å². The molecule has 2 atom stereocenters. The molecule has 0 saturated carbocycles. The van der Waals surface area contributed by atoms with Crippen molar-refractivity contribution >= 4 is 88.8 Å². The van der Waals surface area contributed by atoms with Gasteiger partial charge in [-0.1, -0.05) is 0 Å². The van der Waals surface area contributed by atoms with Gasteiger partial charge in [-0.3, -0.25) is 0 Å². The Morgan fingerprint density at radius 2 is 1.42 bits per heavy atom. The Hall–Kier alpha value is 2.02. The predicted molar refractivity (Wildman–Crippen MR) is 94.0 cm³/mol. The van der Waals surface area contributed by atoms with Crippen molar-refractivity contribution in [3.8, 4) is 0 Å². The molecular formula is C14H16S2SeTe2. The Morgan fingerprint density at radius 1 is 1.00 bits per heavy atom. The van der Waals surface area contributed by atoms with E-state index in [0.29, 0.717) is 14.5 Å². The summed E-state index contributed by atoms with van der Waals surface area (Å²) in [6.07, 6.45) is 5.22. The fourth-order valence-corrected chi connectivity index (χ4v) is 7.77. The maximum atomic E-state index is 2.52. The molecular weight excluding hydrogens is 566 g/mol. The molecule has 3 rings (SSSR count). The van der Waals surface area contributed by atoms with Crippen molar-refractivity contribution < 1.29 is 0 Å². The van der Waals surface area contributed by atoms with Gasteiger partial charge in [0.1, 0.15) is 0 Å². The van der Waals surface area contributed by atoms with Crippen LogP contribution < -0.4 is 0 Å². The quantitative estimate of drug-likeness (QED) is 0.337. The van der Waals surface area contributed by atoms with Crippen molar-refractivity contribution in [2.75, 3.05) is 11.5 Å². The van der Waals surface area contributed by atoms with Crippen LogP contribution in [0.3, 0.4) is 0 Å². The van der Waals surface area contributed by atoms with E-state index in [4.69, 9.17) is 0 Å². The molecule has 0 aliphatic carbocycles. The summed E-state index contributed by atoms with van der Waals surface area (Å²) in [6.45, 7) is 0. The summed E-state index contributed by atoms with van der Waals surface area (Å²) < 4.78 is 3.41. The van der Waals surface area contributed by atoms with Crippen molar-refractivity contribution in [3.05, 3.63) is 21.0 Å². The van der Waals surface area contributed by atoms with Crippen LogP contribution in [-0.2, 0) is 12.8 Å². The average Bonchev–Trinajstić information content (AvgIpc) is 3.25. The van der Waals surface area contributed by atoms with Crippen molar-refractivity contribution in [3.63, 3.8) is 0 Å². The summed E-state index contributed by atoms with van der Waals surface area (Å²) in [6, 6.07) is 0. The van der Waals surface area contributed by atoms with Gasteiger partial charge in [-0.15, -0.1) is 0 Å². The first-order chi connectivity index (χ1) is 9.20. The van der Waals surface area contributed by atoms with Gasteiger partial charge in [0.15, 0.2) is 0 Å². The third-order valence-corrected chi connectivity index (χ3v) is 8.81. The first-order valence-corrected chi connectivity index (χ1v) is 12.9. The first kappa shape index (κ1) is 15.9. The molecule has 0 N–H and O–H groups in total. The van der Waals surface area contributed by atoms with Crippen LogP contribution in [0.4, 0.5) is 0 Å². The Bertz CT molecular complexity index is 447. The molecule has 0 amide bonds. The summed E-state index contributed by atoms with van der Waals surface area (Å²) >= 11 is 9.45. The van der Waals surface area contributed by atoms with E-state index in [0.717, 1.165) is 10.5 Å². The van der Waals surface area contributed by atoms with Crippen molar-refractivity contribution in [2.24, 2.45) is 0 Å². The van der Waals surface area contributed by atoms with Crippen LogP contribution in [0.1, 0.15) is 24.0 Å². The number of hydrogen-bond acceptors (Lipinski definition) is 2. The molecule has 0 spiro atoms. The van der Waals surface area contributed by atoms with Crippen LogP contribution in [0.2, 0.25) is 0 Å². The van der Waals surface area contributed by atoms with Gasteiger partial charge in [0.05, 0.1) is 0 Å². The summed E-state index contributed by atoms with van der Waals surface area (Å²) in [4.78, 5) is 5.04. The van der Waals surface area contributed by atoms with Crippen molar-refractivity contribution in [1.29, 1.82) is 0 Å². The molecule has 102 valence electrons. The Kier molecular flexibility index (Phi) is 6.30. The Balaban J connectivity index is 1.54. The summed E-state index contributed by atoms with van der Waals surface area (Å²) in [7, 11) is 0. The number of hydrogen-bond donors (Lipinski definition) is 0. The SMILES string of the molecule is [Te]=C(Cc1c[se]cc1CC(=[Te])CC1CS1)CC1CS1. The second-order valence-electron chi connectivity index (χ2n) is 5.17. The van der Waals surface area contributed by atoms with Gasteiger partial charge in [0.25, 0.3) is 0 Å². The molecule has 2 fully saturated rings. The number of thioether (sulfide) groups is 2. The topological polar surface area (TPSA) is 0 Å². The third-order valence-electron chi connectivity index (χ3n) is 3.32. The monoisotopic (exact) mass is 588 g/mol. The molecule has 1 aromatic rings. The third kappa shape index (κ3) is 5.62.